The van der Waals surface area contributed by atoms with Crippen molar-refractivity contribution in [2.75, 3.05) is 33.7 Å². The molecule has 132 valence electrons. The van der Waals surface area contributed by atoms with Gasteiger partial charge in [0.25, 0.3) is 0 Å². The van der Waals surface area contributed by atoms with Crippen molar-refractivity contribution in [2.24, 2.45) is 4.99 Å². The first-order valence-corrected chi connectivity index (χ1v) is 8.66. The molecule has 1 heterocycles. The third-order valence-corrected chi connectivity index (χ3v) is 4.51. The Bertz CT molecular complexity index is 613. The van der Waals surface area contributed by atoms with Crippen LogP contribution < -0.4 is 0 Å². The molecule has 1 saturated heterocycles. The topological polar surface area (TPSA) is 45.1 Å². The summed E-state index contributed by atoms with van der Waals surface area (Å²) in [5, 5.41) is 0. The number of hydrogen-bond acceptors (Lipinski definition) is 4. The lowest BCUT2D eigenvalue weighted by Gasteiger charge is -2.29. The monoisotopic (exact) mass is 331 g/mol. The van der Waals surface area contributed by atoms with Gasteiger partial charge in [0.2, 0.25) is 0 Å². The summed E-state index contributed by atoms with van der Waals surface area (Å²) in [6, 6.07) is 3.85. The number of esters is 1. The summed E-state index contributed by atoms with van der Waals surface area (Å²) in [6.07, 6.45) is 3.83. The number of nitrogens with zero attached hydrogens (tertiary/aromatic N) is 3. The van der Waals surface area contributed by atoms with Crippen molar-refractivity contribution in [3.63, 3.8) is 0 Å². The van der Waals surface area contributed by atoms with E-state index < -0.39 is 0 Å². The Balaban J connectivity index is 2.11. The molecule has 1 aliphatic rings. The van der Waals surface area contributed by atoms with Crippen LogP contribution in [0.15, 0.2) is 17.1 Å². The van der Waals surface area contributed by atoms with Crippen LogP contribution in [-0.2, 0) is 4.74 Å². The van der Waals surface area contributed by atoms with Gasteiger partial charge >= 0.3 is 5.97 Å². The quantitative estimate of drug-likeness (QED) is 0.472. The molecule has 1 fully saturated rings. The molecule has 0 amide bonds. The van der Waals surface area contributed by atoms with Crippen molar-refractivity contribution in [1.29, 1.82) is 0 Å². The van der Waals surface area contributed by atoms with Crippen molar-refractivity contribution in [3.8, 4) is 0 Å². The fourth-order valence-electron chi connectivity index (χ4n) is 2.83. The largest absolute Gasteiger partial charge is 0.457 e. The number of likely N-dealkylation sites (N-methyl/N-ethyl adjacent to an activating group) is 1. The molecule has 2 rings (SSSR count). The van der Waals surface area contributed by atoms with E-state index in [1.54, 1.807) is 0 Å². The second-order valence-corrected chi connectivity index (χ2v) is 6.70. The molecule has 0 bridgehead atoms. The molecule has 1 unspecified atom stereocenters. The molecule has 5 heteroatoms. The van der Waals surface area contributed by atoms with E-state index in [1.165, 1.54) is 0 Å². The van der Waals surface area contributed by atoms with Gasteiger partial charge in [-0.05, 0) is 70.5 Å². The highest BCUT2D eigenvalue weighted by Crippen LogP contribution is 2.24. The van der Waals surface area contributed by atoms with Gasteiger partial charge in [-0.15, -0.1) is 0 Å². The third-order valence-electron chi connectivity index (χ3n) is 4.51. The summed E-state index contributed by atoms with van der Waals surface area (Å²) in [4.78, 5) is 21.3. The lowest BCUT2D eigenvalue weighted by atomic mass is 10.0. The average Bonchev–Trinajstić information content (AvgIpc) is 2.54. The molecular formula is C19H29N3O2. The van der Waals surface area contributed by atoms with Gasteiger partial charge in [-0.25, -0.2) is 9.79 Å². The fraction of sp³-hybridized carbons (Fsp3) is 0.579. The van der Waals surface area contributed by atoms with E-state index in [0.717, 1.165) is 49.3 Å². The average molecular weight is 331 g/mol. The van der Waals surface area contributed by atoms with Gasteiger partial charge in [-0.2, -0.15) is 0 Å². The van der Waals surface area contributed by atoms with E-state index in [1.807, 2.05) is 44.3 Å². The van der Waals surface area contributed by atoms with E-state index in [9.17, 15) is 4.79 Å². The van der Waals surface area contributed by atoms with Gasteiger partial charge in [0.1, 0.15) is 6.10 Å². The number of rotatable bonds is 5. The third kappa shape index (κ3) is 4.81. The summed E-state index contributed by atoms with van der Waals surface area (Å²) in [7, 11) is 4.05. The van der Waals surface area contributed by atoms with Crippen LogP contribution in [0.1, 0.15) is 41.3 Å². The smallest absolute Gasteiger partial charge is 0.338 e. The van der Waals surface area contributed by atoms with Crippen molar-refractivity contribution >= 4 is 18.0 Å². The number of benzene rings is 1. The molecule has 0 spiro atoms. The van der Waals surface area contributed by atoms with Gasteiger partial charge in [0, 0.05) is 20.1 Å². The predicted octanol–water partition coefficient (Wildman–Crippen LogP) is 3.17. The zero-order chi connectivity index (χ0) is 17.7. The number of piperidine rings is 1. The first-order valence-electron chi connectivity index (χ1n) is 8.66. The van der Waals surface area contributed by atoms with Gasteiger partial charge in [0.05, 0.1) is 17.6 Å². The second-order valence-electron chi connectivity index (χ2n) is 6.70. The molecule has 1 atom stereocenters. The number of carbonyl (C=O) groups is 1. The first-order chi connectivity index (χ1) is 11.4. The van der Waals surface area contributed by atoms with Crippen LogP contribution in [0.5, 0.6) is 0 Å². The van der Waals surface area contributed by atoms with Crippen molar-refractivity contribution in [1.82, 2.24) is 9.80 Å². The summed E-state index contributed by atoms with van der Waals surface area (Å²) in [6.45, 7) is 8.78. The number of aryl methyl sites for hydroxylation is 2. The molecule has 0 saturated carbocycles. The highest BCUT2D eigenvalue weighted by Gasteiger charge is 2.22. The Morgan fingerprint density at radius 3 is 2.83 bits per heavy atom. The van der Waals surface area contributed by atoms with Crippen LogP contribution in [0.25, 0.3) is 0 Å². The number of carbonyl (C=O) groups excluding carboxylic acids is 1. The van der Waals surface area contributed by atoms with Crippen molar-refractivity contribution < 1.29 is 9.53 Å². The Kier molecular flexibility index (Phi) is 6.37. The minimum Gasteiger partial charge on any atom is -0.457 e. The number of aliphatic imine (C=N–C) groups is 1. The zero-order valence-electron chi connectivity index (χ0n) is 15.5. The normalized spacial score (nSPS) is 18.8. The number of likely N-dealkylation sites (tertiary alicyclic amines) is 1. The molecule has 0 aliphatic carbocycles. The van der Waals surface area contributed by atoms with Crippen LogP contribution in [0.3, 0.4) is 0 Å². The van der Waals surface area contributed by atoms with E-state index in [4.69, 9.17) is 4.74 Å². The molecule has 5 nitrogen and oxygen atoms in total. The minimum atomic E-state index is -0.225. The standard InChI is InChI=1S/C19H29N3O2/c1-6-21(4)13-20-18-11-14(2)17(10-15(18)3)19(23)24-16-8-7-9-22(5)12-16/h10-11,13,16H,6-9,12H2,1-5H3/b20-13+. The van der Waals surface area contributed by atoms with E-state index in [-0.39, 0.29) is 12.1 Å². The number of hydrogen-bond donors (Lipinski definition) is 0. The Labute approximate surface area is 145 Å². The molecule has 0 radical (unpaired) electrons. The summed E-state index contributed by atoms with van der Waals surface area (Å²) < 4.78 is 5.71. The SMILES string of the molecule is CCN(C)/C=N/c1cc(C)c(C(=O)OC2CCCN(C)C2)cc1C. The molecule has 1 aromatic rings. The fourth-order valence-corrected chi connectivity index (χ4v) is 2.83. The highest BCUT2D eigenvalue weighted by atomic mass is 16.5. The van der Waals surface area contributed by atoms with Crippen LogP contribution in [0.2, 0.25) is 0 Å². The van der Waals surface area contributed by atoms with Crippen molar-refractivity contribution in [2.45, 2.75) is 39.7 Å². The van der Waals surface area contributed by atoms with Gasteiger partial charge < -0.3 is 14.5 Å². The molecule has 0 aromatic heterocycles. The van der Waals surface area contributed by atoms with E-state index in [0.29, 0.717) is 5.56 Å². The Morgan fingerprint density at radius 1 is 1.42 bits per heavy atom. The van der Waals surface area contributed by atoms with Crippen LogP contribution in [0.4, 0.5) is 5.69 Å². The lowest BCUT2D eigenvalue weighted by Crippen LogP contribution is -2.38. The summed E-state index contributed by atoms with van der Waals surface area (Å²) in [5.74, 6) is -0.225. The highest BCUT2D eigenvalue weighted by molar-refractivity contribution is 5.92. The maximum atomic E-state index is 12.5. The van der Waals surface area contributed by atoms with E-state index >= 15 is 0 Å². The van der Waals surface area contributed by atoms with Gasteiger partial charge in [-0.1, -0.05) is 0 Å². The summed E-state index contributed by atoms with van der Waals surface area (Å²) in [5.41, 5.74) is 3.42. The Morgan fingerprint density at radius 2 is 2.17 bits per heavy atom. The molecule has 1 aliphatic heterocycles. The van der Waals surface area contributed by atoms with Crippen molar-refractivity contribution in [3.05, 3.63) is 28.8 Å². The van der Waals surface area contributed by atoms with Gasteiger partial charge in [-0.3, -0.25) is 0 Å². The van der Waals surface area contributed by atoms with Crippen LogP contribution >= 0.6 is 0 Å². The number of ether oxygens (including phenoxy) is 1. The zero-order valence-corrected chi connectivity index (χ0v) is 15.5. The second kappa shape index (κ2) is 8.29. The maximum Gasteiger partial charge on any atom is 0.338 e. The first kappa shape index (κ1) is 18.5. The maximum absolute atomic E-state index is 12.5. The molecule has 0 N–H and O–H groups in total. The van der Waals surface area contributed by atoms with Crippen LogP contribution in [-0.4, -0.2) is 61.9 Å². The predicted molar refractivity (Wildman–Crippen MR) is 98.3 cm³/mol. The summed E-state index contributed by atoms with van der Waals surface area (Å²) >= 11 is 0. The molecular weight excluding hydrogens is 302 g/mol. The van der Waals surface area contributed by atoms with Gasteiger partial charge in [0.15, 0.2) is 0 Å². The molecule has 1 aromatic carbocycles. The van der Waals surface area contributed by atoms with Crippen LogP contribution in [0, 0.1) is 13.8 Å². The Hall–Kier alpha value is -1.88. The lowest BCUT2D eigenvalue weighted by molar-refractivity contribution is 0.0108. The molecule has 24 heavy (non-hydrogen) atoms. The van der Waals surface area contributed by atoms with E-state index in [2.05, 4.69) is 23.9 Å². The minimum absolute atomic E-state index is 0.00754.